The lowest BCUT2D eigenvalue weighted by Crippen LogP contribution is -2.44. The van der Waals surface area contributed by atoms with Gasteiger partial charge in [-0.3, -0.25) is 20.5 Å². The number of ether oxygens (including phenoxy) is 1. The maximum Gasteiger partial charge on any atom is 0.263 e. The van der Waals surface area contributed by atoms with Gasteiger partial charge in [-0.05, 0) is 48.4 Å². The Morgan fingerprint density at radius 3 is 2.55 bits per heavy atom. The number of sulfonamides is 1. The minimum absolute atomic E-state index is 0.0200. The number of primary sulfonamides is 1. The molecule has 0 saturated carbocycles. The summed E-state index contributed by atoms with van der Waals surface area (Å²) >= 11 is 0. The van der Waals surface area contributed by atoms with E-state index in [1.165, 1.54) is 13.2 Å². The Balaban J connectivity index is 1.63. The van der Waals surface area contributed by atoms with Crippen LogP contribution in [0.2, 0.25) is 0 Å². The second-order valence-corrected chi connectivity index (χ2v) is 10.4. The highest BCUT2D eigenvalue weighted by molar-refractivity contribution is 7.89. The van der Waals surface area contributed by atoms with Crippen molar-refractivity contribution in [3.8, 4) is 11.1 Å². The Kier molecular flexibility index (Phi) is 7.65. The molecule has 1 aliphatic heterocycles. The van der Waals surface area contributed by atoms with Crippen LogP contribution < -0.4 is 21.7 Å². The van der Waals surface area contributed by atoms with Gasteiger partial charge in [0.15, 0.2) is 5.60 Å². The molecule has 1 amide bonds. The molecule has 0 saturated heterocycles. The second-order valence-electron chi connectivity index (χ2n) is 8.91. The molecule has 3 aromatic rings. The van der Waals surface area contributed by atoms with E-state index in [1.54, 1.807) is 60.7 Å². The van der Waals surface area contributed by atoms with Gasteiger partial charge in [0.1, 0.15) is 5.84 Å². The van der Waals surface area contributed by atoms with E-state index in [4.69, 9.17) is 25.9 Å². The number of carbonyl (C=O) groups is 1. The molecule has 1 aliphatic rings. The zero-order chi connectivity index (χ0) is 27.5. The summed E-state index contributed by atoms with van der Waals surface area (Å²) in [5.41, 5.74) is 11.3. The Hall–Kier alpha value is -4.03. The number of aryl methyl sites for hydroxylation is 1. The molecule has 7 N–H and O–H groups in total. The number of hydrogen-bond donors (Lipinski definition) is 5. The molecule has 1 atom stereocenters. The van der Waals surface area contributed by atoms with Crippen molar-refractivity contribution in [3.05, 3.63) is 89.5 Å². The highest BCUT2D eigenvalue weighted by Crippen LogP contribution is 2.33. The maximum atomic E-state index is 13.6. The maximum absolute atomic E-state index is 13.6. The third kappa shape index (κ3) is 5.60. The van der Waals surface area contributed by atoms with Crippen molar-refractivity contribution in [1.29, 1.82) is 5.41 Å². The summed E-state index contributed by atoms with van der Waals surface area (Å²) in [5.74, 6) is -0.485. The smallest absolute Gasteiger partial charge is 0.263 e. The molecule has 0 spiro atoms. The lowest BCUT2D eigenvalue weighted by Gasteiger charge is -2.24. The number of amidine groups is 1. The average molecular weight is 536 g/mol. The molecule has 0 radical (unpaired) electrons. The van der Waals surface area contributed by atoms with Gasteiger partial charge in [0.25, 0.3) is 5.91 Å². The first-order valence-electron chi connectivity index (χ1n) is 11.7. The Labute approximate surface area is 221 Å². The van der Waals surface area contributed by atoms with Gasteiger partial charge in [-0.2, -0.15) is 0 Å². The van der Waals surface area contributed by atoms with E-state index in [1.807, 2.05) is 13.0 Å². The monoisotopic (exact) mass is 535 g/mol. The summed E-state index contributed by atoms with van der Waals surface area (Å²) in [7, 11) is -2.38. The quantitative estimate of drug-likeness (QED) is 0.207. The molecule has 10 nitrogen and oxygen atoms in total. The predicted molar refractivity (Wildman–Crippen MR) is 145 cm³/mol. The number of amides is 1. The van der Waals surface area contributed by atoms with Gasteiger partial charge >= 0.3 is 0 Å². The topological polar surface area (TPSA) is 170 Å². The molecule has 0 aromatic heterocycles. The van der Waals surface area contributed by atoms with E-state index in [0.29, 0.717) is 39.2 Å². The predicted octanol–water partition coefficient (Wildman–Crippen LogP) is 2.88. The van der Waals surface area contributed by atoms with Crippen LogP contribution >= 0.6 is 0 Å². The van der Waals surface area contributed by atoms with Crippen LogP contribution in [-0.2, 0) is 24.4 Å². The Morgan fingerprint density at radius 1 is 1.11 bits per heavy atom. The van der Waals surface area contributed by atoms with Gasteiger partial charge < -0.3 is 15.8 Å². The van der Waals surface area contributed by atoms with Gasteiger partial charge in [-0.25, -0.2) is 13.6 Å². The number of nitrogens with one attached hydrogen (secondary N) is 3. The zero-order valence-corrected chi connectivity index (χ0v) is 21.8. The summed E-state index contributed by atoms with van der Waals surface area (Å²) in [5, 5.41) is 16.0. The largest absolute Gasteiger partial charge is 0.385 e. The standard InChI is InChI=1S/C27H29N5O5S/c1-17-14-18(21-8-3-4-9-24(21)38(30,34)35)10-11-22(17)31-26(33)27(12-13-36-2)16-23(32-37-27)19-6-5-7-20(15-19)25(28)29/h3-11,14-16,32H,12-13H2,1-2H3,(H3,28,29)(H,31,33)(H2,30,34,35). The molecule has 38 heavy (non-hydrogen) atoms. The normalized spacial score (nSPS) is 17.0. The van der Waals surface area contributed by atoms with Gasteiger partial charge in [-0.1, -0.05) is 42.5 Å². The fraction of sp³-hybridized carbons (Fsp3) is 0.185. The SMILES string of the molecule is COCCC1(C(=O)Nc2ccc(-c3ccccc3S(N)(=O)=O)cc2C)C=C(c2cccc(C(=N)N)c2)NO1. The van der Waals surface area contributed by atoms with Crippen molar-refractivity contribution in [1.82, 2.24) is 5.48 Å². The number of hydroxylamine groups is 1. The highest BCUT2D eigenvalue weighted by Gasteiger charge is 2.43. The van der Waals surface area contributed by atoms with Gasteiger partial charge in [0.2, 0.25) is 10.0 Å². The lowest BCUT2D eigenvalue weighted by atomic mass is 9.95. The van der Waals surface area contributed by atoms with Crippen molar-refractivity contribution in [3.63, 3.8) is 0 Å². The van der Waals surface area contributed by atoms with Crippen molar-refractivity contribution in [2.45, 2.75) is 23.8 Å². The second kappa shape index (κ2) is 10.8. The Bertz CT molecular complexity index is 1540. The van der Waals surface area contributed by atoms with Crippen LogP contribution in [0.5, 0.6) is 0 Å². The summed E-state index contributed by atoms with van der Waals surface area (Å²) in [4.78, 5) is 19.4. The van der Waals surface area contributed by atoms with E-state index < -0.39 is 21.5 Å². The number of benzene rings is 3. The number of anilines is 1. The number of rotatable bonds is 9. The molecular weight excluding hydrogens is 506 g/mol. The van der Waals surface area contributed by atoms with Crippen molar-refractivity contribution in [2.75, 3.05) is 19.0 Å². The first kappa shape index (κ1) is 27.0. The molecular formula is C27H29N5O5S. The molecule has 198 valence electrons. The van der Waals surface area contributed by atoms with Crippen molar-refractivity contribution in [2.24, 2.45) is 10.9 Å². The molecule has 0 fully saturated rings. The number of nitrogen functional groups attached to an aromatic ring is 1. The zero-order valence-electron chi connectivity index (χ0n) is 20.9. The number of methoxy groups -OCH3 is 1. The molecule has 11 heteroatoms. The van der Waals surface area contributed by atoms with Crippen molar-refractivity contribution < 1.29 is 22.8 Å². The summed E-state index contributed by atoms with van der Waals surface area (Å²) in [6.07, 6.45) is 1.92. The van der Waals surface area contributed by atoms with E-state index >= 15 is 0 Å². The molecule has 1 heterocycles. The van der Waals surface area contributed by atoms with Crippen LogP contribution in [0, 0.1) is 12.3 Å². The minimum Gasteiger partial charge on any atom is -0.385 e. The van der Waals surface area contributed by atoms with Gasteiger partial charge in [0.05, 0.1) is 10.6 Å². The molecule has 4 rings (SSSR count). The fourth-order valence-electron chi connectivity index (χ4n) is 4.19. The van der Waals surface area contributed by atoms with Crippen LogP contribution in [-0.4, -0.2) is 39.5 Å². The molecule has 0 bridgehead atoms. The third-order valence-corrected chi connectivity index (χ3v) is 7.22. The van der Waals surface area contributed by atoms with Crippen molar-refractivity contribution >= 4 is 33.2 Å². The fourth-order valence-corrected chi connectivity index (χ4v) is 4.95. The van der Waals surface area contributed by atoms with Crippen LogP contribution in [0.1, 0.15) is 23.1 Å². The first-order valence-corrected chi connectivity index (χ1v) is 13.2. The number of hydrogen-bond acceptors (Lipinski definition) is 7. The summed E-state index contributed by atoms with van der Waals surface area (Å²) in [6, 6.07) is 18.7. The first-order chi connectivity index (χ1) is 18.0. The minimum atomic E-state index is -3.92. The molecule has 1 unspecified atom stereocenters. The highest BCUT2D eigenvalue weighted by atomic mass is 32.2. The van der Waals surface area contributed by atoms with Crippen LogP contribution in [0.4, 0.5) is 5.69 Å². The number of carbonyl (C=O) groups excluding carboxylic acids is 1. The summed E-state index contributed by atoms with van der Waals surface area (Å²) in [6.45, 7) is 2.07. The van der Waals surface area contributed by atoms with Crippen LogP contribution in [0.15, 0.2) is 77.7 Å². The van der Waals surface area contributed by atoms with Gasteiger partial charge in [0, 0.05) is 42.5 Å². The van der Waals surface area contributed by atoms with E-state index in [-0.39, 0.29) is 23.8 Å². The molecule has 3 aromatic carbocycles. The summed E-state index contributed by atoms with van der Waals surface area (Å²) < 4.78 is 29.3. The van der Waals surface area contributed by atoms with E-state index in [2.05, 4.69) is 10.8 Å². The van der Waals surface area contributed by atoms with E-state index in [0.717, 1.165) is 0 Å². The van der Waals surface area contributed by atoms with Gasteiger partial charge in [-0.15, -0.1) is 0 Å². The van der Waals surface area contributed by atoms with Crippen LogP contribution in [0.25, 0.3) is 16.8 Å². The van der Waals surface area contributed by atoms with E-state index in [9.17, 15) is 13.2 Å². The third-order valence-electron chi connectivity index (χ3n) is 6.25. The average Bonchev–Trinajstić information content (AvgIpc) is 3.34. The number of nitrogens with two attached hydrogens (primary N) is 2. The lowest BCUT2D eigenvalue weighted by molar-refractivity contribution is -0.140. The van der Waals surface area contributed by atoms with Crippen LogP contribution in [0.3, 0.4) is 0 Å². The molecule has 0 aliphatic carbocycles. The Morgan fingerprint density at radius 2 is 1.87 bits per heavy atom.